The number of carboxylic acids is 1. The molecule has 1 aromatic rings. The van der Waals surface area contributed by atoms with Crippen molar-refractivity contribution >= 4 is 5.97 Å². The molecule has 0 radical (unpaired) electrons. The van der Waals surface area contributed by atoms with Gasteiger partial charge in [0, 0.05) is 11.0 Å². The number of carbonyl (C=O) groups is 1. The summed E-state index contributed by atoms with van der Waals surface area (Å²) in [6.45, 7) is 3.85. The van der Waals surface area contributed by atoms with Gasteiger partial charge in [-0.1, -0.05) is 13.8 Å². The highest BCUT2D eigenvalue weighted by molar-refractivity contribution is 5.69. The van der Waals surface area contributed by atoms with E-state index in [1.807, 2.05) is 0 Å². The van der Waals surface area contributed by atoms with Crippen LogP contribution in [0.3, 0.4) is 0 Å². The van der Waals surface area contributed by atoms with Crippen molar-refractivity contribution in [2.75, 3.05) is 6.79 Å². The lowest BCUT2D eigenvalue weighted by atomic mass is 9.80. The van der Waals surface area contributed by atoms with Crippen molar-refractivity contribution in [3.63, 3.8) is 0 Å². The first-order valence-electron chi connectivity index (χ1n) is 5.65. The minimum atomic E-state index is -0.957. The van der Waals surface area contributed by atoms with Gasteiger partial charge in [-0.3, -0.25) is 4.79 Å². The predicted molar refractivity (Wildman–Crippen MR) is 62.0 cm³/mol. The number of ether oxygens (including phenoxy) is 2. The van der Waals surface area contributed by atoms with Crippen LogP contribution in [-0.4, -0.2) is 17.9 Å². The second kappa shape index (κ2) is 4.57. The summed E-state index contributed by atoms with van der Waals surface area (Å²) in [7, 11) is 0. The van der Waals surface area contributed by atoms with Crippen molar-refractivity contribution in [3.8, 4) is 5.75 Å². The van der Waals surface area contributed by atoms with Gasteiger partial charge in [-0.25, -0.2) is 4.39 Å². The second-order valence-corrected chi connectivity index (χ2v) is 5.00. The number of hydrogen-bond acceptors (Lipinski definition) is 3. The van der Waals surface area contributed by atoms with Gasteiger partial charge >= 0.3 is 5.97 Å². The molecule has 0 aliphatic carbocycles. The lowest BCUT2D eigenvalue weighted by Crippen LogP contribution is -2.24. The Labute approximate surface area is 104 Å². The molecule has 0 atom stereocenters. The molecule has 1 N–H and O–H groups in total. The maximum Gasteiger partial charge on any atom is 0.304 e. The lowest BCUT2D eigenvalue weighted by Gasteiger charge is -2.26. The number of carboxylic acid groups (broad SMARTS) is 1. The van der Waals surface area contributed by atoms with Crippen LogP contribution in [0.2, 0.25) is 0 Å². The maximum atomic E-state index is 14.0. The molecule has 1 aromatic carbocycles. The van der Waals surface area contributed by atoms with Crippen molar-refractivity contribution in [2.45, 2.75) is 32.3 Å². The Morgan fingerprint density at radius 3 is 2.89 bits per heavy atom. The highest BCUT2D eigenvalue weighted by atomic mass is 19.1. The number of hydrogen-bond donors (Lipinski definition) is 1. The summed E-state index contributed by atoms with van der Waals surface area (Å²) in [6, 6.07) is 2.93. The first-order valence-corrected chi connectivity index (χ1v) is 5.65. The Morgan fingerprint density at radius 2 is 2.22 bits per heavy atom. The molecular weight excluding hydrogens is 239 g/mol. The second-order valence-electron chi connectivity index (χ2n) is 5.00. The predicted octanol–water partition coefficient (Wildman–Crippen LogP) is 2.44. The number of rotatable bonds is 3. The molecule has 0 bridgehead atoms. The molecular formula is C13H15FO4. The Morgan fingerprint density at radius 1 is 1.50 bits per heavy atom. The molecule has 1 aliphatic heterocycles. The summed E-state index contributed by atoms with van der Waals surface area (Å²) < 4.78 is 24.4. The maximum absolute atomic E-state index is 14.0. The van der Waals surface area contributed by atoms with Gasteiger partial charge in [-0.2, -0.15) is 0 Å². The molecule has 98 valence electrons. The summed E-state index contributed by atoms with van der Waals surface area (Å²) >= 11 is 0. The van der Waals surface area contributed by atoms with Crippen LogP contribution in [0.5, 0.6) is 5.75 Å². The molecule has 0 aromatic heterocycles. The Kier molecular flexibility index (Phi) is 3.26. The SMILES string of the molecule is CC(C)(CC(=O)O)c1cc2c(cc1F)COCO2. The Bertz CT molecular complexity index is 482. The van der Waals surface area contributed by atoms with E-state index in [0.717, 1.165) is 0 Å². The fourth-order valence-electron chi connectivity index (χ4n) is 2.09. The topological polar surface area (TPSA) is 55.8 Å². The largest absolute Gasteiger partial charge is 0.481 e. The Balaban J connectivity index is 2.41. The van der Waals surface area contributed by atoms with Gasteiger partial charge in [0.05, 0.1) is 13.0 Å². The molecule has 0 saturated heterocycles. The number of benzene rings is 1. The highest BCUT2D eigenvalue weighted by Crippen LogP contribution is 2.35. The van der Waals surface area contributed by atoms with E-state index in [4.69, 9.17) is 14.6 Å². The fourth-order valence-corrected chi connectivity index (χ4v) is 2.09. The molecule has 0 unspecified atom stereocenters. The van der Waals surface area contributed by atoms with Crippen LogP contribution in [0, 0.1) is 5.82 Å². The van der Waals surface area contributed by atoms with Gasteiger partial charge in [0.25, 0.3) is 0 Å². The quantitative estimate of drug-likeness (QED) is 0.900. The van der Waals surface area contributed by atoms with E-state index in [2.05, 4.69) is 0 Å². The normalized spacial score (nSPS) is 14.8. The molecule has 18 heavy (non-hydrogen) atoms. The monoisotopic (exact) mass is 254 g/mol. The van der Waals surface area contributed by atoms with E-state index >= 15 is 0 Å². The minimum absolute atomic E-state index is 0.136. The van der Waals surface area contributed by atoms with E-state index in [9.17, 15) is 9.18 Å². The van der Waals surface area contributed by atoms with Crippen molar-refractivity contribution < 1.29 is 23.8 Å². The Hall–Kier alpha value is -1.62. The highest BCUT2D eigenvalue weighted by Gasteiger charge is 2.29. The van der Waals surface area contributed by atoms with Gasteiger partial charge in [-0.15, -0.1) is 0 Å². The molecule has 0 saturated carbocycles. The number of halogens is 1. The van der Waals surface area contributed by atoms with E-state index in [0.29, 0.717) is 23.5 Å². The van der Waals surface area contributed by atoms with Gasteiger partial charge < -0.3 is 14.6 Å². The summed E-state index contributed by atoms with van der Waals surface area (Å²) in [5.41, 5.74) is 0.214. The van der Waals surface area contributed by atoms with Gasteiger partial charge in [-0.05, 0) is 17.7 Å². The fraction of sp³-hybridized carbons (Fsp3) is 0.462. The standard InChI is InChI=1S/C13H15FO4/c1-13(2,5-12(15)16)9-4-11-8(3-10(9)14)6-17-7-18-11/h3-4H,5-7H2,1-2H3,(H,15,16). The van der Waals surface area contributed by atoms with E-state index < -0.39 is 17.2 Å². The van der Waals surface area contributed by atoms with Gasteiger partial charge in [0.2, 0.25) is 0 Å². The van der Waals surface area contributed by atoms with Crippen LogP contribution >= 0.6 is 0 Å². The van der Waals surface area contributed by atoms with Gasteiger partial charge in [0.1, 0.15) is 11.6 Å². The average Bonchev–Trinajstić information content (AvgIpc) is 2.26. The van der Waals surface area contributed by atoms with Crippen molar-refractivity contribution in [3.05, 3.63) is 29.1 Å². The van der Waals surface area contributed by atoms with Crippen LogP contribution in [0.15, 0.2) is 12.1 Å². The van der Waals surface area contributed by atoms with E-state index in [-0.39, 0.29) is 13.2 Å². The molecule has 0 amide bonds. The number of aliphatic carboxylic acids is 1. The molecule has 4 nitrogen and oxygen atoms in total. The van der Waals surface area contributed by atoms with Crippen LogP contribution < -0.4 is 4.74 Å². The molecule has 2 rings (SSSR count). The zero-order valence-corrected chi connectivity index (χ0v) is 10.3. The summed E-state index contributed by atoms with van der Waals surface area (Å²) in [4.78, 5) is 10.8. The average molecular weight is 254 g/mol. The van der Waals surface area contributed by atoms with Crippen LogP contribution in [0.1, 0.15) is 31.4 Å². The summed E-state index contributed by atoms with van der Waals surface area (Å²) in [5, 5.41) is 8.87. The van der Waals surface area contributed by atoms with Crippen LogP contribution in [0.25, 0.3) is 0 Å². The van der Waals surface area contributed by atoms with E-state index in [1.165, 1.54) is 6.07 Å². The molecule has 1 aliphatic rings. The first-order chi connectivity index (χ1) is 8.40. The third-order valence-electron chi connectivity index (χ3n) is 3.03. The smallest absolute Gasteiger partial charge is 0.304 e. The van der Waals surface area contributed by atoms with E-state index in [1.54, 1.807) is 19.9 Å². The lowest BCUT2D eigenvalue weighted by molar-refractivity contribution is -0.138. The van der Waals surface area contributed by atoms with Crippen molar-refractivity contribution in [1.82, 2.24) is 0 Å². The van der Waals surface area contributed by atoms with Crippen molar-refractivity contribution in [2.24, 2.45) is 0 Å². The zero-order chi connectivity index (χ0) is 13.3. The third-order valence-corrected chi connectivity index (χ3v) is 3.03. The summed E-state index contributed by atoms with van der Waals surface area (Å²) in [5.74, 6) is -0.813. The minimum Gasteiger partial charge on any atom is -0.481 e. The zero-order valence-electron chi connectivity index (χ0n) is 10.3. The van der Waals surface area contributed by atoms with Crippen LogP contribution in [0.4, 0.5) is 4.39 Å². The number of fused-ring (bicyclic) bond motifs is 1. The van der Waals surface area contributed by atoms with Gasteiger partial charge in [0.15, 0.2) is 6.79 Å². The molecule has 5 heteroatoms. The molecule has 1 heterocycles. The first kappa shape index (κ1) is 12.8. The third kappa shape index (κ3) is 2.46. The van der Waals surface area contributed by atoms with Crippen molar-refractivity contribution in [1.29, 1.82) is 0 Å². The van der Waals surface area contributed by atoms with Crippen LogP contribution in [-0.2, 0) is 21.6 Å². The summed E-state index contributed by atoms with van der Waals surface area (Å²) in [6.07, 6.45) is -0.140. The molecule has 0 spiro atoms. The molecule has 0 fully saturated rings.